The summed E-state index contributed by atoms with van der Waals surface area (Å²) in [5.41, 5.74) is 12.1. The maximum Gasteiger partial charge on any atom is 0.110 e. The molecule has 3 rings (SSSR count). The van der Waals surface area contributed by atoms with Crippen LogP contribution in [-0.4, -0.2) is 21.6 Å². The van der Waals surface area contributed by atoms with E-state index in [1.54, 1.807) is 0 Å². The summed E-state index contributed by atoms with van der Waals surface area (Å²) in [5.74, 6) is 1.60. The minimum Gasteiger partial charge on any atom is -0.276 e. The third-order valence-corrected chi connectivity index (χ3v) is 6.96. The Morgan fingerprint density at radius 3 is 1.36 bits per heavy atom. The van der Waals surface area contributed by atoms with Crippen LogP contribution in [0.1, 0.15) is 132 Å². The first-order valence-corrected chi connectivity index (χ1v) is 13.4. The zero-order valence-electron chi connectivity index (χ0n) is 24.1. The van der Waals surface area contributed by atoms with Gasteiger partial charge in [0.15, 0.2) is 0 Å². The van der Waals surface area contributed by atoms with E-state index in [0.717, 1.165) is 39.7 Å². The Morgan fingerprint density at radius 2 is 1.00 bits per heavy atom. The quantitative estimate of drug-likeness (QED) is 0.318. The van der Waals surface area contributed by atoms with E-state index in [-0.39, 0.29) is 0 Å². The monoisotopic (exact) mass is 484 g/mol. The lowest BCUT2D eigenvalue weighted by molar-refractivity contribution is 0.834. The molecule has 0 bridgehead atoms. The van der Waals surface area contributed by atoms with Crippen molar-refractivity contribution in [3.8, 4) is 0 Å². The number of H-pyrrole nitrogens is 1. The largest absolute Gasteiger partial charge is 0.276 e. The highest BCUT2D eigenvalue weighted by atomic mass is 15.1. The van der Waals surface area contributed by atoms with Crippen LogP contribution in [0.4, 0.5) is 11.4 Å². The lowest BCUT2D eigenvalue weighted by atomic mass is 9.92. The van der Waals surface area contributed by atoms with Crippen molar-refractivity contribution in [3.63, 3.8) is 0 Å². The van der Waals surface area contributed by atoms with Crippen LogP contribution in [0.15, 0.2) is 46.4 Å². The van der Waals surface area contributed by atoms with Gasteiger partial charge in [0.25, 0.3) is 0 Å². The molecule has 36 heavy (non-hydrogen) atoms. The summed E-state index contributed by atoms with van der Waals surface area (Å²) in [7, 11) is 0. The third kappa shape index (κ3) is 5.69. The smallest absolute Gasteiger partial charge is 0.110 e. The second kappa shape index (κ2) is 11.4. The number of aromatic nitrogens is 2. The summed E-state index contributed by atoms with van der Waals surface area (Å²) in [6.07, 6.45) is 0. The number of para-hydroxylation sites is 2. The Labute approximate surface area is 218 Å². The minimum atomic E-state index is 0.400. The Balaban J connectivity index is 2.10. The Bertz CT molecular complexity index is 1120. The average molecular weight is 485 g/mol. The fourth-order valence-electron chi connectivity index (χ4n) is 4.83. The first-order chi connectivity index (χ1) is 16.9. The first-order valence-electron chi connectivity index (χ1n) is 13.4. The molecule has 0 fully saturated rings. The SMILES string of the molecule is CC(=Nc1c(C(C)C)cccc1C(C)C)c1n[nH]c(C(C)=Nc2c(C(C)C)cccc2C(C)C)c1C. The van der Waals surface area contributed by atoms with Crippen LogP contribution in [-0.2, 0) is 0 Å². The van der Waals surface area contributed by atoms with Gasteiger partial charge in [-0.3, -0.25) is 15.1 Å². The van der Waals surface area contributed by atoms with Gasteiger partial charge in [-0.25, -0.2) is 0 Å². The molecule has 4 nitrogen and oxygen atoms in total. The lowest BCUT2D eigenvalue weighted by Crippen LogP contribution is -2.03. The second-order valence-corrected chi connectivity index (χ2v) is 11.2. The predicted molar refractivity (Wildman–Crippen MR) is 156 cm³/mol. The van der Waals surface area contributed by atoms with E-state index in [1.165, 1.54) is 22.3 Å². The highest BCUT2D eigenvalue weighted by Crippen LogP contribution is 2.37. The molecule has 192 valence electrons. The van der Waals surface area contributed by atoms with Gasteiger partial charge in [-0.2, -0.15) is 5.10 Å². The number of nitrogens with zero attached hydrogens (tertiary/aromatic N) is 3. The molecule has 3 aromatic rings. The molecule has 1 heterocycles. The summed E-state index contributed by atoms with van der Waals surface area (Å²) in [6.45, 7) is 24.1. The van der Waals surface area contributed by atoms with Crippen molar-refractivity contribution in [1.29, 1.82) is 0 Å². The summed E-state index contributed by atoms with van der Waals surface area (Å²) in [4.78, 5) is 10.3. The molecule has 1 N–H and O–H groups in total. The van der Waals surface area contributed by atoms with E-state index in [9.17, 15) is 0 Å². The van der Waals surface area contributed by atoms with Crippen molar-refractivity contribution in [1.82, 2.24) is 10.2 Å². The van der Waals surface area contributed by atoms with E-state index in [1.807, 2.05) is 0 Å². The average Bonchev–Trinajstić information content (AvgIpc) is 3.20. The molecule has 0 aliphatic rings. The zero-order valence-corrected chi connectivity index (χ0v) is 24.1. The molecule has 1 aromatic heterocycles. The Hall–Kier alpha value is -3.01. The number of rotatable bonds is 8. The normalized spacial score (nSPS) is 13.1. The molecule has 0 saturated carbocycles. The van der Waals surface area contributed by atoms with E-state index in [0.29, 0.717) is 23.7 Å². The van der Waals surface area contributed by atoms with Crippen molar-refractivity contribution in [2.75, 3.05) is 0 Å². The number of aromatic amines is 1. The van der Waals surface area contributed by atoms with E-state index in [2.05, 4.69) is 118 Å². The van der Waals surface area contributed by atoms with Crippen molar-refractivity contribution < 1.29 is 0 Å². The highest BCUT2D eigenvalue weighted by molar-refractivity contribution is 6.05. The van der Waals surface area contributed by atoms with Crippen molar-refractivity contribution >= 4 is 22.8 Å². The van der Waals surface area contributed by atoms with Gasteiger partial charge in [0.05, 0.1) is 28.5 Å². The van der Waals surface area contributed by atoms with Crippen LogP contribution in [0.5, 0.6) is 0 Å². The fourth-order valence-corrected chi connectivity index (χ4v) is 4.83. The Morgan fingerprint density at radius 1 is 0.639 bits per heavy atom. The first kappa shape index (κ1) is 27.6. The summed E-state index contributed by atoms with van der Waals surface area (Å²) in [5, 5.41) is 7.97. The van der Waals surface area contributed by atoms with Crippen molar-refractivity contribution in [2.45, 2.75) is 99.8 Å². The number of nitrogens with one attached hydrogen (secondary N) is 1. The van der Waals surface area contributed by atoms with Crippen LogP contribution in [0.3, 0.4) is 0 Å². The van der Waals surface area contributed by atoms with Crippen LogP contribution < -0.4 is 0 Å². The zero-order chi connectivity index (χ0) is 26.7. The predicted octanol–water partition coefficient (Wildman–Crippen LogP) is 9.49. The van der Waals surface area contributed by atoms with Crippen molar-refractivity contribution in [2.24, 2.45) is 9.98 Å². The molecule has 0 aliphatic carbocycles. The second-order valence-electron chi connectivity index (χ2n) is 11.2. The molecule has 4 heteroatoms. The van der Waals surface area contributed by atoms with Gasteiger partial charge in [0.1, 0.15) is 5.69 Å². The van der Waals surface area contributed by atoms with Gasteiger partial charge in [0, 0.05) is 5.56 Å². The topological polar surface area (TPSA) is 53.4 Å². The molecule has 0 radical (unpaired) electrons. The van der Waals surface area contributed by atoms with Gasteiger partial charge in [-0.15, -0.1) is 0 Å². The van der Waals surface area contributed by atoms with E-state index in [4.69, 9.17) is 15.1 Å². The van der Waals surface area contributed by atoms with Gasteiger partial charge in [0.2, 0.25) is 0 Å². The van der Waals surface area contributed by atoms with Crippen LogP contribution in [0.25, 0.3) is 0 Å². The van der Waals surface area contributed by atoms with Crippen molar-refractivity contribution in [3.05, 3.63) is 75.6 Å². The Kier molecular flexibility index (Phi) is 8.71. The van der Waals surface area contributed by atoms with Gasteiger partial charge in [-0.1, -0.05) is 91.8 Å². The summed E-state index contributed by atoms with van der Waals surface area (Å²) < 4.78 is 0. The highest BCUT2D eigenvalue weighted by Gasteiger charge is 2.19. The van der Waals surface area contributed by atoms with Gasteiger partial charge >= 0.3 is 0 Å². The van der Waals surface area contributed by atoms with Crippen LogP contribution in [0.2, 0.25) is 0 Å². The van der Waals surface area contributed by atoms with Crippen LogP contribution in [0, 0.1) is 6.92 Å². The number of benzene rings is 2. The maximum absolute atomic E-state index is 5.17. The molecule has 0 spiro atoms. The summed E-state index contributed by atoms with van der Waals surface area (Å²) in [6, 6.07) is 13.1. The number of aliphatic imine (C=N–C) groups is 2. The fraction of sp³-hybridized carbons (Fsp3) is 0.469. The lowest BCUT2D eigenvalue weighted by Gasteiger charge is -2.17. The third-order valence-electron chi connectivity index (χ3n) is 6.96. The minimum absolute atomic E-state index is 0.400. The van der Waals surface area contributed by atoms with E-state index >= 15 is 0 Å². The number of hydrogen-bond acceptors (Lipinski definition) is 3. The molecule has 0 atom stereocenters. The molecule has 0 saturated heterocycles. The van der Waals surface area contributed by atoms with E-state index < -0.39 is 0 Å². The molecule has 0 unspecified atom stereocenters. The molecular formula is C32H44N4. The molecule has 0 aliphatic heterocycles. The standard InChI is InChI=1S/C32H44N4/c1-18(2)25-14-12-15-26(19(3)4)31(25)33-23(10)29-22(9)30(36-35-29)24(11)34-32-27(20(5)6)16-13-17-28(32)21(7)8/h12-21H,1-11H3,(H,35,36). The maximum atomic E-state index is 5.17. The summed E-state index contributed by atoms with van der Waals surface area (Å²) >= 11 is 0. The van der Waals surface area contributed by atoms with Gasteiger partial charge in [-0.05, 0) is 66.7 Å². The van der Waals surface area contributed by atoms with Gasteiger partial charge < -0.3 is 0 Å². The van der Waals surface area contributed by atoms with Crippen LogP contribution >= 0.6 is 0 Å². The molecule has 2 aromatic carbocycles. The molecule has 0 amide bonds. The number of hydrogen-bond donors (Lipinski definition) is 1. The molecular weight excluding hydrogens is 440 g/mol.